The molecule has 19 heavy (non-hydrogen) atoms. The number of benzene rings is 1. The van der Waals surface area contributed by atoms with Crippen LogP contribution in [-0.4, -0.2) is 27.3 Å². The second-order valence-corrected chi connectivity index (χ2v) is 7.28. The molecule has 0 aromatic heterocycles. The van der Waals surface area contributed by atoms with E-state index in [-0.39, 0.29) is 6.04 Å². The number of hydrogen-bond acceptors (Lipinski definition) is 4. The van der Waals surface area contributed by atoms with Gasteiger partial charge in [0.15, 0.2) is 9.84 Å². The maximum Gasteiger partial charge on any atom is 0.177 e. The molecule has 1 saturated carbocycles. The summed E-state index contributed by atoms with van der Waals surface area (Å²) in [7, 11) is -3.20. The summed E-state index contributed by atoms with van der Waals surface area (Å²) in [5.74, 6) is 0.432. The van der Waals surface area contributed by atoms with Gasteiger partial charge < -0.3 is 11.1 Å². The molecule has 106 valence electrons. The van der Waals surface area contributed by atoms with E-state index in [1.165, 1.54) is 19.1 Å². The normalized spacial score (nSPS) is 24.1. The molecular weight excluding hydrogens is 260 g/mol. The summed E-state index contributed by atoms with van der Waals surface area (Å²) < 4.78 is 23.6. The van der Waals surface area contributed by atoms with E-state index in [0.717, 1.165) is 12.8 Å². The fraction of sp³-hybridized carbons (Fsp3) is 0.571. The zero-order valence-electron chi connectivity index (χ0n) is 11.3. The number of para-hydroxylation sites is 1. The minimum Gasteiger partial charge on any atom is -0.381 e. The van der Waals surface area contributed by atoms with Crippen molar-refractivity contribution >= 4 is 15.5 Å². The Morgan fingerprint density at radius 2 is 1.95 bits per heavy atom. The average Bonchev–Trinajstić information content (AvgIpc) is 2.39. The molecule has 4 nitrogen and oxygen atoms in total. The lowest BCUT2D eigenvalue weighted by Crippen LogP contribution is -2.37. The Hall–Kier alpha value is -1.07. The summed E-state index contributed by atoms with van der Waals surface area (Å²) in [6.07, 6.45) is 5.81. The third-order valence-electron chi connectivity index (χ3n) is 3.84. The Balaban J connectivity index is 2.23. The molecule has 2 atom stereocenters. The van der Waals surface area contributed by atoms with E-state index in [4.69, 9.17) is 5.73 Å². The molecule has 1 aliphatic carbocycles. The highest BCUT2D eigenvalue weighted by Crippen LogP contribution is 2.29. The third-order valence-corrected chi connectivity index (χ3v) is 4.99. The molecule has 2 unspecified atom stereocenters. The van der Waals surface area contributed by atoms with Crippen molar-refractivity contribution in [3.05, 3.63) is 24.3 Å². The molecule has 0 bridgehead atoms. The highest BCUT2D eigenvalue weighted by atomic mass is 32.2. The van der Waals surface area contributed by atoms with Crippen molar-refractivity contribution in [1.82, 2.24) is 0 Å². The Morgan fingerprint density at radius 3 is 2.63 bits per heavy atom. The molecule has 1 aromatic carbocycles. The van der Waals surface area contributed by atoms with Crippen LogP contribution in [0.5, 0.6) is 0 Å². The van der Waals surface area contributed by atoms with Gasteiger partial charge in [-0.1, -0.05) is 25.0 Å². The first-order valence-electron chi connectivity index (χ1n) is 6.78. The van der Waals surface area contributed by atoms with E-state index in [2.05, 4.69) is 5.32 Å². The molecular formula is C14H22N2O2S. The molecule has 0 aliphatic heterocycles. The maximum atomic E-state index is 11.8. The van der Waals surface area contributed by atoms with Crippen LogP contribution in [-0.2, 0) is 9.84 Å². The van der Waals surface area contributed by atoms with Crippen molar-refractivity contribution in [2.75, 3.05) is 18.1 Å². The average molecular weight is 282 g/mol. The van der Waals surface area contributed by atoms with E-state index in [9.17, 15) is 8.42 Å². The fourth-order valence-corrected chi connectivity index (χ4v) is 3.64. The largest absolute Gasteiger partial charge is 0.381 e. The van der Waals surface area contributed by atoms with Gasteiger partial charge in [-0.2, -0.15) is 0 Å². The van der Waals surface area contributed by atoms with Crippen LogP contribution in [0.2, 0.25) is 0 Å². The van der Waals surface area contributed by atoms with Crippen molar-refractivity contribution in [2.45, 2.75) is 36.6 Å². The number of nitrogens with one attached hydrogen (secondary N) is 1. The minimum atomic E-state index is -3.20. The van der Waals surface area contributed by atoms with Gasteiger partial charge in [-0.25, -0.2) is 8.42 Å². The highest BCUT2D eigenvalue weighted by Gasteiger charge is 2.25. The standard InChI is InChI=1S/C14H22N2O2S/c1-19(17,18)14-9-5-4-8-13(14)16-12-7-3-2-6-11(12)10-15/h4-5,8-9,11-12,16H,2-3,6-7,10,15H2,1H3. The molecule has 1 aliphatic rings. The third kappa shape index (κ3) is 3.48. The van der Waals surface area contributed by atoms with Gasteiger partial charge in [-0.15, -0.1) is 0 Å². The highest BCUT2D eigenvalue weighted by molar-refractivity contribution is 7.90. The second-order valence-electron chi connectivity index (χ2n) is 5.30. The van der Waals surface area contributed by atoms with Gasteiger partial charge in [0, 0.05) is 12.3 Å². The number of nitrogens with two attached hydrogens (primary N) is 1. The fourth-order valence-electron chi connectivity index (χ4n) is 2.79. The molecule has 1 fully saturated rings. The van der Waals surface area contributed by atoms with Gasteiger partial charge in [0.05, 0.1) is 10.6 Å². The maximum absolute atomic E-state index is 11.8. The van der Waals surface area contributed by atoms with Gasteiger partial charge in [0.1, 0.15) is 0 Å². The lowest BCUT2D eigenvalue weighted by Gasteiger charge is -2.32. The molecule has 0 radical (unpaired) electrons. The van der Waals surface area contributed by atoms with Crippen LogP contribution in [0.15, 0.2) is 29.2 Å². The molecule has 0 saturated heterocycles. The zero-order chi connectivity index (χ0) is 13.9. The van der Waals surface area contributed by atoms with E-state index >= 15 is 0 Å². The Kier molecular flexibility index (Phi) is 4.47. The smallest absolute Gasteiger partial charge is 0.177 e. The summed E-state index contributed by atoms with van der Waals surface area (Å²) >= 11 is 0. The monoisotopic (exact) mass is 282 g/mol. The summed E-state index contributed by atoms with van der Waals surface area (Å²) in [4.78, 5) is 0.372. The van der Waals surface area contributed by atoms with Crippen molar-refractivity contribution < 1.29 is 8.42 Å². The van der Waals surface area contributed by atoms with Gasteiger partial charge in [0.25, 0.3) is 0 Å². The van der Waals surface area contributed by atoms with Crippen molar-refractivity contribution in [3.63, 3.8) is 0 Å². The van der Waals surface area contributed by atoms with E-state index in [0.29, 0.717) is 23.0 Å². The number of anilines is 1. The number of hydrogen-bond donors (Lipinski definition) is 2. The van der Waals surface area contributed by atoms with Gasteiger partial charge in [-0.05, 0) is 37.4 Å². The molecule has 0 spiro atoms. The number of rotatable bonds is 4. The van der Waals surface area contributed by atoms with Crippen molar-refractivity contribution in [1.29, 1.82) is 0 Å². The lowest BCUT2D eigenvalue weighted by atomic mass is 9.84. The summed E-state index contributed by atoms with van der Waals surface area (Å²) in [5.41, 5.74) is 6.52. The molecule has 0 heterocycles. The van der Waals surface area contributed by atoms with Crippen LogP contribution >= 0.6 is 0 Å². The molecule has 3 N–H and O–H groups in total. The van der Waals surface area contributed by atoms with Gasteiger partial charge in [-0.3, -0.25) is 0 Å². The first kappa shape index (κ1) is 14.3. The van der Waals surface area contributed by atoms with E-state index in [1.54, 1.807) is 12.1 Å². The van der Waals surface area contributed by atoms with E-state index in [1.807, 2.05) is 12.1 Å². The molecule has 0 amide bonds. The molecule has 2 rings (SSSR count). The predicted molar refractivity (Wildman–Crippen MR) is 78.0 cm³/mol. The van der Waals surface area contributed by atoms with Crippen molar-refractivity contribution in [3.8, 4) is 0 Å². The Bertz CT molecular complexity index is 528. The predicted octanol–water partition coefficient (Wildman–Crippen LogP) is 2.02. The van der Waals surface area contributed by atoms with E-state index < -0.39 is 9.84 Å². The topological polar surface area (TPSA) is 72.2 Å². The van der Waals surface area contributed by atoms with Gasteiger partial charge >= 0.3 is 0 Å². The van der Waals surface area contributed by atoms with Crippen LogP contribution < -0.4 is 11.1 Å². The zero-order valence-corrected chi connectivity index (χ0v) is 12.1. The van der Waals surface area contributed by atoms with Crippen LogP contribution in [0.1, 0.15) is 25.7 Å². The van der Waals surface area contributed by atoms with Crippen LogP contribution in [0.3, 0.4) is 0 Å². The molecule has 5 heteroatoms. The number of sulfone groups is 1. The van der Waals surface area contributed by atoms with Crippen LogP contribution in [0.4, 0.5) is 5.69 Å². The van der Waals surface area contributed by atoms with Crippen LogP contribution in [0, 0.1) is 5.92 Å². The second kappa shape index (κ2) is 5.92. The summed E-state index contributed by atoms with van der Waals surface area (Å²) in [6, 6.07) is 7.37. The lowest BCUT2D eigenvalue weighted by molar-refractivity contribution is 0.332. The Labute approximate surface area is 115 Å². The minimum absolute atomic E-state index is 0.279. The quantitative estimate of drug-likeness (QED) is 0.886. The first-order valence-corrected chi connectivity index (χ1v) is 8.67. The van der Waals surface area contributed by atoms with Crippen LogP contribution in [0.25, 0.3) is 0 Å². The summed E-state index contributed by atoms with van der Waals surface area (Å²) in [6.45, 7) is 0.651. The Morgan fingerprint density at radius 1 is 1.26 bits per heavy atom. The molecule has 1 aromatic rings. The van der Waals surface area contributed by atoms with Gasteiger partial charge in [0.2, 0.25) is 0 Å². The first-order chi connectivity index (χ1) is 9.02. The summed E-state index contributed by atoms with van der Waals surface area (Å²) in [5, 5.41) is 3.40. The van der Waals surface area contributed by atoms with Crippen molar-refractivity contribution in [2.24, 2.45) is 11.7 Å². The SMILES string of the molecule is CS(=O)(=O)c1ccccc1NC1CCCCC1CN.